The number of aryl methyl sites for hydroxylation is 2. The van der Waals surface area contributed by atoms with Crippen molar-refractivity contribution in [1.29, 1.82) is 0 Å². The van der Waals surface area contributed by atoms with E-state index in [4.69, 9.17) is 29.3 Å². The van der Waals surface area contributed by atoms with Gasteiger partial charge in [-0.2, -0.15) is 26.3 Å². The van der Waals surface area contributed by atoms with Crippen LogP contribution in [0.2, 0.25) is 0 Å². The molecule has 3 heterocycles. The maximum absolute atomic E-state index is 12.3. The first-order valence-electron chi connectivity index (χ1n) is 12.0. The Morgan fingerprint density at radius 1 is 1.02 bits per heavy atom. The number of carbonyl (C=O) groups excluding carboxylic acids is 1. The van der Waals surface area contributed by atoms with Crippen molar-refractivity contribution in [3.63, 3.8) is 0 Å². The lowest BCUT2D eigenvalue weighted by atomic mass is 10.0. The van der Waals surface area contributed by atoms with Crippen LogP contribution in [-0.4, -0.2) is 81.6 Å². The van der Waals surface area contributed by atoms with E-state index in [1.165, 1.54) is 5.56 Å². The summed E-state index contributed by atoms with van der Waals surface area (Å²) in [6.07, 6.45) is -8.43. The molecule has 0 saturated heterocycles. The average Bonchev–Trinajstić information content (AvgIpc) is 3.04. The van der Waals surface area contributed by atoms with Crippen molar-refractivity contribution < 1.29 is 55.5 Å². The van der Waals surface area contributed by atoms with E-state index in [2.05, 4.69) is 20.7 Å². The molecule has 4 N–H and O–H groups in total. The molecule has 230 valence electrons. The molecular weight excluding hydrogens is 568 g/mol. The van der Waals surface area contributed by atoms with Crippen molar-refractivity contribution in [1.82, 2.24) is 20.4 Å². The highest BCUT2D eigenvalue weighted by Gasteiger charge is 2.38. The number of pyridine rings is 1. The molecule has 17 heteroatoms. The Kier molecular flexibility index (Phi) is 12.6. The fourth-order valence-corrected chi connectivity index (χ4v) is 3.48. The standard InChI is InChI=1S/C20H29N5O2.2C2HF3O2/c1-12(2)22-19-16(20(26)21-5)10-15-6-8-25(9-7-18(15)23-19)11-17-13(3)24-27-14(17)4;2*3-2(4,5)1(6)7/h10,12H,6-9,11H2,1-5H3,(H,21,26)(H,22,23);2*(H,6,7). The lowest BCUT2D eigenvalue weighted by Crippen LogP contribution is -2.26. The normalized spacial score (nSPS) is 13.6. The maximum atomic E-state index is 12.3. The number of nitrogens with one attached hydrogen (secondary N) is 2. The number of rotatable bonds is 5. The van der Waals surface area contributed by atoms with Crippen LogP contribution < -0.4 is 10.6 Å². The first-order chi connectivity index (χ1) is 18.8. The van der Waals surface area contributed by atoms with Crippen LogP contribution in [-0.2, 0) is 29.0 Å². The van der Waals surface area contributed by atoms with Crippen molar-refractivity contribution in [2.45, 2.75) is 65.5 Å². The van der Waals surface area contributed by atoms with Crippen LogP contribution in [0.3, 0.4) is 0 Å². The molecule has 2 aromatic rings. The number of alkyl halides is 6. The van der Waals surface area contributed by atoms with Gasteiger partial charge in [-0.15, -0.1) is 0 Å². The fraction of sp³-hybridized carbons (Fsp3) is 0.542. The van der Waals surface area contributed by atoms with E-state index in [1.807, 2.05) is 33.8 Å². The number of anilines is 1. The van der Waals surface area contributed by atoms with E-state index >= 15 is 0 Å². The van der Waals surface area contributed by atoms with Crippen LogP contribution in [0.25, 0.3) is 0 Å². The minimum absolute atomic E-state index is 0.106. The lowest BCUT2D eigenvalue weighted by molar-refractivity contribution is -0.193. The number of nitrogens with zero attached hydrogens (tertiary/aromatic N) is 3. The molecule has 0 bridgehead atoms. The van der Waals surface area contributed by atoms with Gasteiger partial charge in [-0.3, -0.25) is 9.69 Å². The third-order valence-corrected chi connectivity index (χ3v) is 5.50. The van der Waals surface area contributed by atoms with Gasteiger partial charge < -0.3 is 25.4 Å². The van der Waals surface area contributed by atoms with Gasteiger partial charge in [0.2, 0.25) is 0 Å². The van der Waals surface area contributed by atoms with Crippen LogP contribution in [0.15, 0.2) is 10.6 Å². The number of fused-ring (bicyclic) bond motifs is 1. The molecule has 11 nitrogen and oxygen atoms in total. The second kappa shape index (κ2) is 14.7. The van der Waals surface area contributed by atoms with Gasteiger partial charge in [-0.05, 0) is 45.7 Å². The zero-order chi connectivity index (χ0) is 31.7. The molecule has 0 spiro atoms. The summed E-state index contributed by atoms with van der Waals surface area (Å²) in [7, 11) is 1.65. The van der Waals surface area contributed by atoms with Gasteiger partial charge in [-0.1, -0.05) is 5.16 Å². The zero-order valence-electron chi connectivity index (χ0n) is 22.8. The molecule has 0 atom stereocenters. The lowest BCUT2D eigenvalue weighted by Gasteiger charge is -2.19. The first kappa shape index (κ1) is 35.1. The number of carbonyl (C=O) groups is 3. The summed E-state index contributed by atoms with van der Waals surface area (Å²) in [6, 6.07) is 2.21. The topological polar surface area (TPSA) is 158 Å². The summed E-state index contributed by atoms with van der Waals surface area (Å²) in [5.74, 6) is -4.06. The molecule has 0 saturated carbocycles. The molecule has 0 aliphatic carbocycles. The van der Waals surface area contributed by atoms with E-state index in [1.54, 1.807) is 7.05 Å². The monoisotopic (exact) mass is 599 g/mol. The van der Waals surface area contributed by atoms with E-state index in [0.29, 0.717) is 11.4 Å². The number of hydrogen-bond donors (Lipinski definition) is 4. The second-order valence-electron chi connectivity index (χ2n) is 9.05. The van der Waals surface area contributed by atoms with Crippen LogP contribution in [0, 0.1) is 13.8 Å². The van der Waals surface area contributed by atoms with E-state index < -0.39 is 24.3 Å². The highest BCUT2D eigenvalue weighted by molar-refractivity contribution is 5.98. The van der Waals surface area contributed by atoms with Gasteiger partial charge in [0.25, 0.3) is 5.91 Å². The quantitative estimate of drug-likeness (QED) is 0.373. The van der Waals surface area contributed by atoms with Crippen molar-refractivity contribution in [2.75, 3.05) is 25.5 Å². The Labute approximate surface area is 230 Å². The molecule has 0 radical (unpaired) electrons. The Bertz CT molecular complexity index is 1170. The van der Waals surface area contributed by atoms with Gasteiger partial charge in [0, 0.05) is 50.4 Å². The first-order valence-corrected chi connectivity index (χ1v) is 12.0. The van der Waals surface area contributed by atoms with Crippen molar-refractivity contribution in [3.8, 4) is 0 Å². The van der Waals surface area contributed by atoms with Crippen molar-refractivity contribution in [3.05, 3.63) is 39.9 Å². The number of aliphatic carboxylic acids is 2. The fourth-order valence-electron chi connectivity index (χ4n) is 3.48. The third kappa shape index (κ3) is 11.3. The molecule has 2 aromatic heterocycles. The smallest absolute Gasteiger partial charge is 0.475 e. The third-order valence-electron chi connectivity index (χ3n) is 5.50. The highest BCUT2D eigenvalue weighted by atomic mass is 19.4. The maximum Gasteiger partial charge on any atom is 0.490 e. The van der Waals surface area contributed by atoms with Crippen LogP contribution >= 0.6 is 0 Å². The number of halogens is 6. The van der Waals surface area contributed by atoms with Crippen molar-refractivity contribution in [2.24, 2.45) is 0 Å². The number of amides is 1. The Morgan fingerprint density at radius 3 is 1.95 bits per heavy atom. The predicted octanol–water partition coefficient (Wildman–Crippen LogP) is 3.73. The minimum atomic E-state index is -5.08. The minimum Gasteiger partial charge on any atom is -0.475 e. The summed E-state index contributed by atoms with van der Waals surface area (Å²) in [4.78, 5) is 37.3. The summed E-state index contributed by atoms with van der Waals surface area (Å²) < 4.78 is 68.8. The van der Waals surface area contributed by atoms with Crippen LogP contribution in [0.4, 0.5) is 32.2 Å². The molecule has 41 heavy (non-hydrogen) atoms. The number of hydrogen-bond acceptors (Lipinski definition) is 8. The summed E-state index contributed by atoms with van der Waals surface area (Å²) >= 11 is 0. The number of aromatic nitrogens is 2. The molecule has 0 fully saturated rings. The predicted molar refractivity (Wildman–Crippen MR) is 132 cm³/mol. The van der Waals surface area contributed by atoms with E-state index in [0.717, 1.165) is 55.2 Å². The van der Waals surface area contributed by atoms with Crippen LogP contribution in [0.1, 0.15) is 52.5 Å². The average molecular weight is 600 g/mol. The van der Waals surface area contributed by atoms with Gasteiger partial charge >= 0.3 is 24.3 Å². The zero-order valence-corrected chi connectivity index (χ0v) is 22.8. The SMILES string of the molecule is CNC(=O)c1cc2c(nc1NC(C)C)CCN(Cc1c(C)noc1C)CC2.O=C(O)C(F)(F)F.O=C(O)C(F)(F)F. The van der Waals surface area contributed by atoms with E-state index in [-0.39, 0.29) is 11.9 Å². The number of carboxylic acid groups (broad SMARTS) is 2. The van der Waals surface area contributed by atoms with Crippen molar-refractivity contribution >= 4 is 23.7 Å². The highest BCUT2D eigenvalue weighted by Crippen LogP contribution is 2.24. The van der Waals surface area contributed by atoms with Gasteiger partial charge in [0.05, 0.1) is 11.3 Å². The molecule has 0 unspecified atom stereocenters. The Balaban J connectivity index is 0.000000497. The molecule has 1 aliphatic rings. The number of carboxylic acids is 2. The molecule has 1 aliphatic heterocycles. The summed E-state index contributed by atoms with van der Waals surface area (Å²) in [5, 5.41) is 24.3. The van der Waals surface area contributed by atoms with Gasteiger partial charge in [-0.25, -0.2) is 14.6 Å². The summed E-state index contributed by atoms with van der Waals surface area (Å²) in [6.45, 7) is 10.7. The van der Waals surface area contributed by atoms with E-state index in [9.17, 15) is 31.1 Å². The molecule has 1 amide bonds. The molecular formula is C24H31F6N5O6. The van der Waals surface area contributed by atoms with Gasteiger partial charge in [0.15, 0.2) is 0 Å². The molecule has 0 aromatic carbocycles. The Morgan fingerprint density at radius 2 is 1.54 bits per heavy atom. The second-order valence-corrected chi connectivity index (χ2v) is 9.05. The largest absolute Gasteiger partial charge is 0.490 e. The van der Waals surface area contributed by atoms with Gasteiger partial charge in [0.1, 0.15) is 11.6 Å². The summed E-state index contributed by atoms with van der Waals surface area (Å²) in [5.41, 5.74) is 4.97. The molecule has 3 rings (SSSR count). The van der Waals surface area contributed by atoms with Crippen LogP contribution in [0.5, 0.6) is 0 Å². The Hall–Kier alpha value is -3.89.